The van der Waals surface area contributed by atoms with Crippen LogP contribution in [0, 0.1) is 29.6 Å². The first-order valence-electron chi connectivity index (χ1n) is 10.9. The molecule has 2 fully saturated rings. The van der Waals surface area contributed by atoms with Gasteiger partial charge in [-0.15, -0.1) is 0 Å². The Hall–Kier alpha value is -2.96. The van der Waals surface area contributed by atoms with Crippen LogP contribution < -0.4 is 5.32 Å². The number of carbonyl (C=O) groups is 4. The highest BCUT2D eigenvalue weighted by Crippen LogP contribution is 2.53. The van der Waals surface area contributed by atoms with Crippen molar-refractivity contribution in [2.45, 2.75) is 39.3 Å². The van der Waals surface area contributed by atoms with Crippen LogP contribution in [0.25, 0.3) is 0 Å². The number of allylic oxidation sites excluding steroid dienone is 2. The van der Waals surface area contributed by atoms with Gasteiger partial charge in [0.25, 0.3) is 5.91 Å². The summed E-state index contributed by atoms with van der Waals surface area (Å²) < 4.78 is 5.25. The van der Waals surface area contributed by atoms with Crippen LogP contribution in [-0.2, 0) is 23.9 Å². The molecule has 2 bridgehead atoms. The highest BCUT2D eigenvalue weighted by molar-refractivity contribution is 6.09. The summed E-state index contributed by atoms with van der Waals surface area (Å²) in [6, 6.07) is 8.19. The summed E-state index contributed by atoms with van der Waals surface area (Å²) >= 11 is 0. The number of imide groups is 1. The molecule has 1 aromatic carbocycles. The molecule has 0 radical (unpaired) electrons. The molecule has 7 heteroatoms. The van der Waals surface area contributed by atoms with E-state index < -0.39 is 24.5 Å². The monoisotopic (exact) mass is 424 g/mol. The van der Waals surface area contributed by atoms with Crippen molar-refractivity contribution in [3.63, 3.8) is 0 Å². The van der Waals surface area contributed by atoms with E-state index in [1.165, 1.54) is 0 Å². The van der Waals surface area contributed by atoms with Gasteiger partial charge in [-0.3, -0.25) is 19.3 Å². The largest absolute Gasteiger partial charge is 0.454 e. The zero-order valence-corrected chi connectivity index (χ0v) is 18.0. The summed E-state index contributed by atoms with van der Waals surface area (Å²) in [6.45, 7) is 4.92. The van der Waals surface area contributed by atoms with E-state index in [-0.39, 0.29) is 47.4 Å². The van der Waals surface area contributed by atoms with Crippen molar-refractivity contribution in [2.75, 3.05) is 6.61 Å². The number of hydrogen-bond donors (Lipinski definition) is 1. The van der Waals surface area contributed by atoms with Gasteiger partial charge in [-0.1, -0.05) is 56.3 Å². The van der Waals surface area contributed by atoms with Gasteiger partial charge < -0.3 is 10.1 Å². The lowest BCUT2D eigenvalue weighted by Crippen LogP contribution is -2.50. The normalized spacial score (nSPS) is 28.1. The summed E-state index contributed by atoms with van der Waals surface area (Å²) in [5.41, 5.74) is 0.935. The lowest BCUT2D eigenvalue weighted by molar-refractivity contribution is -0.162. The minimum Gasteiger partial charge on any atom is -0.454 e. The smallest absolute Gasteiger partial charge is 0.330 e. The van der Waals surface area contributed by atoms with Crippen LogP contribution in [0.5, 0.6) is 0 Å². The number of hydrogen-bond acceptors (Lipinski definition) is 5. The van der Waals surface area contributed by atoms with Gasteiger partial charge in [-0.25, -0.2) is 4.79 Å². The van der Waals surface area contributed by atoms with Gasteiger partial charge in [0.15, 0.2) is 6.61 Å². The third-order valence-corrected chi connectivity index (χ3v) is 6.68. The molecule has 1 N–H and O–H groups in total. The number of fused-ring (bicyclic) bond motifs is 5. The van der Waals surface area contributed by atoms with Crippen LogP contribution in [0.1, 0.15) is 38.8 Å². The molecular weight excluding hydrogens is 396 g/mol. The van der Waals surface area contributed by atoms with Gasteiger partial charge >= 0.3 is 5.97 Å². The fraction of sp³-hybridized carbons (Fsp3) is 0.500. The molecule has 0 spiro atoms. The van der Waals surface area contributed by atoms with Crippen molar-refractivity contribution in [2.24, 2.45) is 29.6 Å². The fourth-order valence-corrected chi connectivity index (χ4v) is 5.21. The summed E-state index contributed by atoms with van der Waals surface area (Å²) in [7, 11) is 0. The second-order valence-electron chi connectivity index (χ2n) is 9.04. The highest BCUT2D eigenvalue weighted by Gasteiger charge is 2.61. The first-order chi connectivity index (χ1) is 14.8. The number of nitrogens with one attached hydrogen (secondary N) is 1. The number of esters is 1. The first kappa shape index (κ1) is 21.3. The van der Waals surface area contributed by atoms with E-state index in [2.05, 4.69) is 5.32 Å². The average molecular weight is 424 g/mol. The molecule has 164 valence electrons. The number of ether oxygens (including phenoxy) is 1. The van der Waals surface area contributed by atoms with Crippen molar-refractivity contribution in [1.82, 2.24) is 10.2 Å². The molecule has 7 nitrogen and oxygen atoms in total. The van der Waals surface area contributed by atoms with Crippen molar-refractivity contribution < 1.29 is 23.9 Å². The molecule has 4 rings (SSSR count). The van der Waals surface area contributed by atoms with Gasteiger partial charge in [-0.05, 0) is 36.7 Å². The Morgan fingerprint density at radius 1 is 1.03 bits per heavy atom. The second kappa shape index (κ2) is 8.29. The van der Waals surface area contributed by atoms with Crippen molar-refractivity contribution in [3.05, 3.63) is 48.0 Å². The number of likely N-dealkylation sites (tertiary alicyclic amines) is 1. The van der Waals surface area contributed by atoms with E-state index in [4.69, 9.17) is 4.74 Å². The van der Waals surface area contributed by atoms with Crippen molar-refractivity contribution in [1.29, 1.82) is 0 Å². The van der Waals surface area contributed by atoms with E-state index in [1.807, 2.05) is 49.4 Å². The number of benzene rings is 1. The molecule has 3 aliphatic rings. The summed E-state index contributed by atoms with van der Waals surface area (Å²) in [6.07, 6.45) is 4.86. The highest BCUT2D eigenvalue weighted by atomic mass is 16.5. The van der Waals surface area contributed by atoms with E-state index in [0.717, 1.165) is 16.9 Å². The Morgan fingerprint density at radius 3 is 2.16 bits per heavy atom. The molecule has 6 atom stereocenters. The van der Waals surface area contributed by atoms with Gasteiger partial charge in [0.05, 0.1) is 17.9 Å². The van der Waals surface area contributed by atoms with Crippen LogP contribution in [0.3, 0.4) is 0 Å². The topological polar surface area (TPSA) is 92.8 Å². The molecule has 1 aliphatic heterocycles. The van der Waals surface area contributed by atoms with Crippen LogP contribution in [0.4, 0.5) is 0 Å². The van der Waals surface area contributed by atoms with E-state index in [9.17, 15) is 19.2 Å². The lowest BCUT2D eigenvalue weighted by Gasteiger charge is -2.29. The molecule has 1 saturated heterocycles. The maximum Gasteiger partial charge on any atom is 0.330 e. The molecule has 2 aliphatic carbocycles. The van der Waals surface area contributed by atoms with E-state index in [0.29, 0.717) is 0 Å². The van der Waals surface area contributed by atoms with Crippen LogP contribution in [0.2, 0.25) is 0 Å². The van der Waals surface area contributed by atoms with Crippen LogP contribution in [0.15, 0.2) is 42.5 Å². The number of nitrogens with zero attached hydrogens (tertiary/aromatic N) is 1. The van der Waals surface area contributed by atoms with Crippen molar-refractivity contribution >= 4 is 23.7 Å². The average Bonchev–Trinajstić information content (AvgIpc) is 3.42. The Kier molecular flexibility index (Phi) is 5.69. The standard InChI is InChI=1S/C24H28N2O5/c1-13(2)21(26-22(28)19-16-9-10-17(11-16)20(19)23(26)29)24(30)31-12-18(27)25-14(3)15-7-5-4-6-8-15/h4-10,13-14,16-17,19-21H,11-12H2,1-3H3,(H,25,27)/t14-,16-,17-,19+,20+,21-/m0/s1. The molecule has 1 aromatic rings. The molecule has 31 heavy (non-hydrogen) atoms. The van der Waals surface area contributed by atoms with Gasteiger partial charge in [0.1, 0.15) is 6.04 Å². The summed E-state index contributed by atoms with van der Waals surface area (Å²) in [5, 5.41) is 2.79. The third kappa shape index (κ3) is 3.77. The maximum atomic E-state index is 13.1. The number of carbonyl (C=O) groups excluding carboxylic acids is 4. The van der Waals surface area contributed by atoms with Crippen molar-refractivity contribution in [3.8, 4) is 0 Å². The predicted molar refractivity (Wildman–Crippen MR) is 112 cm³/mol. The lowest BCUT2D eigenvalue weighted by atomic mass is 9.85. The number of rotatable bonds is 7. The minimum absolute atomic E-state index is 0.0746. The quantitative estimate of drug-likeness (QED) is 0.412. The molecule has 0 unspecified atom stereocenters. The molecule has 1 saturated carbocycles. The minimum atomic E-state index is -1.02. The SMILES string of the molecule is CC(C)[C@@H](C(=O)OCC(=O)N[C@@H](C)c1ccccc1)N1C(=O)[C@H]2[C@H](C1=O)[C@H]1C=C[C@H]2C1. The zero-order chi connectivity index (χ0) is 22.3. The van der Waals surface area contributed by atoms with Crippen LogP contribution >= 0.6 is 0 Å². The maximum absolute atomic E-state index is 13.1. The number of amides is 3. The summed E-state index contributed by atoms with van der Waals surface area (Å²) in [4.78, 5) is 52.4. The van der Waals surface area contributed by atoms with Gasteiger partial charge in [-0.2, -0.15) is 0 Å². The van der Waals surface area contributed by atoms with Gasteiger partial charge in [0.2, 0.25) is 11.8 Å². The second-order valence-corrected chi connectivity index (χ2v) is 9.04. The predicted octanol–water partition coefficient (Wildman–Crippen LogP) is 2.24. The Labute approximate surface area is 181 Å². The van der Waals surface area contributed by atoms with E-state index >= 15 is 0 Å². The molecule has 3 amide bonds. The summed E-state index contributed by atoms with van der Waals surface area (Å²) in [5.74, 6) is -2.65. The molecule has 1 heterocycles. The first-order valence-corrected chi connectivity index (χ1v) is 10.9. The third-order valence-electron chi connectivity index (χ3n) is 6.68. The van der Waals surface area contributed by atoms with Crippen LogP contribution in [-0.4, -0.2) is 41.2 Å². The van der Waals surface area contributed by atoms with E-state index in [1.54, 1.807) is 13.8 Å². The van der Waals surface area contributed by atoms with Gasteiger partial charge in [0, 0.05) is 0 Å². The fourth-order valence-electron chi connectivity index (χ4n) is 5.21. The Balaban J connectivity index is 1.39. The zero-order valence-electron chi connectivity index (χ0n) is 18.0. The Bertz CT molecular complexity index is 895. The molecule has 0 aromatic heterocycles. The Morgan fingerprint density at radius 2 is 1.61 bits per heavy atom. The molecular formula is C24H28N2O5.